The lowest BCUT2D eigenvalue weighted by atomic mass is 9.95. The molecule has 0 atom stereocenters. The van der Waals surface area contributed by atoms with Crippen LogP contribution in [0.25, 0.3) is 0 Å². The fraction of sp³-hybridized carbons (Fsp3) is 0.600. The van der Waals surface area contributed by atoms with Crippen LogP contribution in [0.15, 0.2) is 12.1 Å². The monoisotopic (exact) mass is 360 g/mol. The van der Waals surface area contributed by atoms with Crippen molar-refractivity contribution in [1.29, 1.82) is 0 Å². The number of benzene rings is 1. The van der Waals surface area contributed by atoms with E-state index in [-0.39, 0.29) is 23.2 Å². The molecule has 0 heterocycles. The van der Waals surface area contributed by atoms with Crippen molar-refractivity contribution in [1.82, 2.24) is 10.6 Å². The van der Waals surface area contributed by atoms with Gasteiger partial charge < -0.3 is 20.8 Å². The first-order chi connectivity index (χ1) is 12.6. The van der Waals surface area contributed by atoms with E-state index in [1.165, 1.54) is 25.0 Å². The third kappa shape index (κ3) is 4.29. The summed E-state index contributed by atoms with van der Waals surface area (Å²) in [5.74, 6) is -1.89. The van der Waals surface area contributed by atoms with Gasteiger partial charge in [0.2, 0.25) is 0 Å². The molecule has 0 saturated heterocycles. The number of carbonyl (C=O) groups is 2. The molecule has 2 aliphatic rings. The van der Waals surface area contributed by atoms with Crippen LogP contribution in [-0.2, 0) is 0 Å². The largest absolute Gasteiger partial charge is 0.504 e. The molecule has 1 aromatic rings. The zero-order valence-corrected chi connectivity index (χ0v) is 15.1. The predicted octanol–water partition coefficient (Wildman–Crippen LogP) is 3.22. The van der Waals surface area contributed by atoms with Crippen LogP contribution in [0.2, 0.25) is 0 Å². The van der Waals surface area contributed by atoms with Gasteiger partial charge in [0.15, 0.2) is 11.5 Å². The van der Waals surface area contributed by atoms with Gasteiger partial charge in [-0.3, -0.25) is 9.59 Å². The summed E-state index contributed by atoms with van der Waals surface area (Å²) in [6.45, 7) is 0. The van der Waals surface area contributed by atoms with Crippen molar-refractivity contribution in [2.45, 2.75) is 76.3 Å². The third-order valence-corrected chi connectivity index (χ3v) is 5.52. The Balaban J connectivity index is 1.68. The molecule has 0 aliphatic heterocycles. The Labute approximate surface area is 154 Å². The second-order valence-corrected chi connectivity index (χ2v) is 7.47. The molecule has 0 unspecified atom stereocenters. The zero-order chi connectivity index (χ0) is 18.5. The molecule has 0 radical (unpaired) electrons. The van der Waals surface area contributed by atoms with Gasteiger partial charge in [0.25, 0.3) is 11.8 Å². The van der Waals surface area contributed by atoms with E-state index in [1.54, 1.807) is 0 Å². The van der Waals surface area contributed by atoms with Crippen LogP contribution < -0.4 is 10.6 Å². The van der Waals surface area contributed by atoms with Gasteiger partial charge in [0.05, 0.1) is 11.1 Å². The molecular weight excluding hydrogens is 332 g/mol. The van der Waals surface area contributed by atoms with E-state index < -0.39 is 23.3 Å². The molecule has 0 spiro atoms. The molecule has 3 rings (SSSR count). The number of carbonyl (C=O) groups excluding carboxylic acids is 2. The van der Waals surface area contributed by atoms with Crippen LogP contribution in [0.5, 0.6) is 11.5 Å². The van der Waals surface area contributed by atoms with E-state index in [9.17, 15) is 19.8 Å². The van der Waals surface area contributed by atoms with E-state index in [0.717, 1.165) is 51.4 Å². The number of rotatable bonds is 4. The maximum Gasteiger partial charge on any atom is 0.255 e. The first-order valence-electron chi connectivity index (χ1n) is 9.73. The van der Waals surface area contributed by atoms with Gasteiger partial charge >= 0.3 is 0 Å². The fourth-order valence-corrected chi connectivity index (χ4v) is 3.97. The average molecular weight is 360 g/mol. The van der Waals surface area contributed by atoms with Crippen LogP contribution in [0.3, 0.4) is 0 Å². The van der Waals surface area contributed by atoms with Crippen molar-refractivity contribution in [3.05, 3.63) is 23.3 Å². The number of phenolic OH excluding ortho intramolecular Hbond substituents is 2. The summed E-state index contributed by atoms with van der Waals surface area (Å²) in [4.78, 5) is 24.8. The van der Waals surface area contributed by atoms with Gasteiger partial charge in [-0.2, -0.15) is 0 Å². The van der Waals surface area contributed by atoms with Gasteiger partial charge in [0, 0.05) is 12.1 Å². The van der Waals surface area contributed by atoms with Crippen LogP contribution in [0, 0.1) is 0 Å². The second kappa shape index (κ2) is 8.43. The average Bonchev–Trinajstić information content (AvgIpc) is 2.65. The van der Waals surface area contributed by atoms with Gasteiger partial charge in [0.1, 0.15) is 0 Å². The Morgan fingerprint density at radius 3 is 1.38 bits per heavy atom. The van der Waals surface area contributed by atoms with Gasteiger partial charge in [-0.25, -0.2) is 0 Å². The number of hydrogen-bond acceptors (Lipinski definition) is 4. The standard InChI is InChI=1S/C20H28N2O4/c23-17-15(19(25)21-13-7-3-1-4-8-13)11-12-16(18(17)24)20(26)22-14-9-5-2-6-10-14/h11-14,23-24H,1-10H2,(H,21,25)(H,22,26). The van der Waals surface area contributed by atoms with E-state index in [2.05, 4.69) is 10.6 Å². The Kier molecular flexibility index (Phi) is 6.01. The van der Waals surface area contributed by atoms with Crippen molar-refractivity contribution in [3.63, 3.8) is 0 Å². The highest BCUT2D eigenvalue weighted by molar-refractivity contribution is 6.03. The van der Waals surface area contributed by atoms with Crippen LogP contribution in [0.4, 0.5) is 0 Å². The summed E-state index contributed by atoms with van der Waals surface area (Å²) < 4.78 is 0. The van der Waals surface area contributed by atoms with E-state index in [0.29, 0.717) is 0 Å². The minimum Gasteiger partial charge on any atom is -0.504 e. The smallest absolute Gasteiger partial charge is 0.255 e. The molecule has 1 aromatic carbocycles. The van der Waals surface area contributed by atoms with Crippen LogP contribution >= 0.6 is 0 Å². The number of phenols is 2. The van der Waals surface area contributed by atoms with Crippen LogP contribution in [-0.4, -0.2) is 34.1 Å². The lowest BCUT2D eigenvalue weighted by molar-refractivity contribution is 0.0909. The lowest BCUT2D eigenvalue weighted by Gasteiger charge is -2.24. The maximum absolute atomic E-state index is 12.4. The first kappa shape index (κ1) is 18.5. The van der Waals surface area contributed by atoms with E-state index >= 15 is 0 Å². The molecule has 2 fully saturated rings. The van der Waals surface area contributed by atoms with E-state index in [1.807, 2.05) is 0 Å². The minimum atomic E-state index is -0.533. The number of nitrogens with one attached hydrogen (secondary N) is 2. The second-order valence-electron chi connectivity index (χ2n) is 7.47. The van der Waals surface area contributed by atoms with Crippen molar-refractivity contribution in [3.8, 4) is 11.5 Å². The summed E-state index contributed by atoms with van der Waals surface area (Å²) in [6.07, 6.45) is 10.4. The Bertz CT molecular complexity index is 605. The fourth-order valence-electron chi connectivity index (χ4n) is 3.97. The third-order valence-electron chi connectivity index (χ3n) is 5.52. The summed E-state index contributed by atoms with van der Waals surface area (Å²) in [7, 11) is 0. The number of amides is 2. The summed E-state index contributed by atoms with van der Waals surface area (Å²) in [5, 5.41) is 26.3. The summed E-state index contributed by atoms with van der Waals surface area (Å²) in [5.41, 5.74) is 0.00424. The number of aromatic hydroxyl groups is 2. The molecule has 2 aliphatic carbocycles. The topological polar surface area (TPSA) is 98.7 Å². The Hall–Kier alpha value is -2.24. The van der Waals surface area contributed by atoms with Crippen molar-refractivity contribution in [2.24, 2.45) is 0 Å². The highest BCUT2D eigenvalue weighted by Crippen LogP contribution is 2.33. The maximum atomic E-state index is 12.4. The molecule has 26 heavy (non-hydrogen) atoms. The normalized spacial score (nSPS) is 19.1. The highest BCUT2D eigenvalue weighted by Gasteiger charge is 2.24. The van der Waals surface area contributed by atoms with E-state index in [4.69, 9.17) is 0 Å². The molecule has 4 N–H and O–H groups in total. The zero-order valence-electron chi connectivity index (χ0n) is 15.1. The Morgan fingerprint density at radius 2 is 1.04 bits per heavy atom. The molecule has 2 saturated carbocycles. The Morgan fingerprint density at radius 1 is 0.692 bits per heavy atom. The lowest BCUT2D eigenvalue weighted by Crippen LogP contribution is -2.37. The van der Waals surface area contributed by atoms with Gasteiger partial charge in [-0.1, -0.05) is 38.5 Å². The van der Waals surface area contributed by atoms with Crippen LogP contribution in [0.1, 0.15) is 84.9 Å². The summed E-state index contributed by atoms with van der Waals surface area (Å²) in [6, 6.07) is 3.02. The van der Waals surface area contributed by atoms with Gasteiger partial charge in [-0.05, 0) is 37.8 Å². The quantitative estimate of drug-likeness (QED) is 0.620. The van der Waals surface area contributed by atoms with Gasteiger partial charge in [-0.15, -0.1) is 0 Å². The first-order valence-corrected chi connectivity index (χ1v) is 9.73. The minimum absolute atomic E-state index is 0.00212. The molecule has 142 valence electrons. The molecule has 6 nitrogen and oxygen atoms in total. The molecule has 0 bridgehead atoms. The molecule has 6 heteroatoms. The SMILES string of the molecule is O=C(NC1CCCCC1)c1ccc(C(=O)NC2CCCCC2)c(O)c1O. The van der Waals surface area contributed by atoms with Crippen molar-refractivity contribution >= 4 is 11.8 Å². The summed E-state index contributed by atoms with van der Waals surface area (Å²) >= 11 is 0. The van der Waals surface area contributed by atoms with Crippen molar-refractivity contribution in [2.75, 3.05) is 0 Å². The van der Waals surface area contributed by atoms with Crippen molar-refractivity contribution < 1.29 is 19.8 Å². The number of hydrogen-bond donors (Lipinski definition) is 4. The highest BCUT2D eigenvalue weighted by atomic mass is 16.3. The molecule has 0 aromatic heterocycles. The molecular formula is C20H28N2O4. The molecule has 2 amide bonds. The predicted molar refractivity (Wildman–Crippen MR) is 98.5 cm³/mol.